The number of aliphatic hydroxyl groups is 1. The van der Waals surface area contributed by atoms with Gasteiger partial charge in [0.1, 0.15) is 41.0 Å². The van der Waals surface area contributed by atoms with E-state index >= 15 is 4.39 Å². The highest BCUT2D eigenvalue weighted by Crippen LogP contribution is 2.45. The molecular formula is C31H28F3N7O2S. The summed E-state index contributed by atoms with van der Waals surface area (Å²) < 4.78 is 52.3. The third-order valence-corrected chi connectivity index (χ3v) is 10.4. The van der Waals surface area contributed by atoms with Crippen molar-refractivity contribution >= 4 is 43.1 Å². The number of nitriles is 2. The Morgan fingerprint density at radius 2 is 2.05 bits per heavy atom. The second-order valence-electron chi connectivity index (χ2n) is 12.0. The molecule has 226 valence electrons. The van der Waals surface area contributed by atoms with Crippen LogP contribution in [0.5, 0.6) is 6.01 Å². The van der Waals surface area contributed by atoms with Crippen molar-refractivity contribution < 1.29 is 23.0 Å². The van der Waals surface area contributed by atoms with Gasteiger partial charge in [-0.15, -0.1) is 11.3 Å². The minimum atomic E-state index is -0.954. The lowest BCUT2D eigenvalue weighted by Crippen LogP contribution is -2.46. The summed E-state index contributed by atoms with van der Waals surface area (Å²) in [6.07, 6.45) is 1.59. The molecule has 3 aliphatic rings. The van der Waals surface area contributed by atoms with Crippen LogP contribution < -0.4 is 15.4 Å². The van der Waals surface area contributed by atoms with Gasteiger partial charge in [-0.25, -0.2) is 13.2 Å². The van der Waals surface area contributed by atoms with Crippen molar-refractivity contribution in [3.05, 3.63) is 41.0 Å². The topological polar surface area (TPSA) is 135 Å². The van der Waals surface area contributed by atoms with Crippen LogP contribution in [0.2, 0.25) is 0 Å². The van der Waals surface area contributed by atoms with Crippen molar-refractivity contribution in [3.63, 3.8) is 0 Å². The molecule has 7 rings (SSSR count). The number of aromatic nitrogens is 2. The van der Waals surface area contributed by atoms with Crippen LogP contribution in [0, 0.1) is 34.3 Å². The molecule has 3 N–H and O–H groups in total. The summed E-state index contributed by atoms with van der Waals surface area (Å²) in [5.74, 6) is -1.16. The van der Waals surface area contributed by atoms with Crippen LogP contribution in [0.3, 0.4) is 0 Å². The Bertz CT molecular complexity index is 1920. The molecule has 2 aromatic carbocycles. The Morgan fingerprint density at radius 1 is 1.25 bits per heavy atom. The largest absolute Gasteiger partial charge is 0.461 e. The van der Waals surface area contributed by atoms with Gasteiger partial charge in [0.25, 0.3) is 0 Å². The SMILES string of the molecule is CN(c1nc(OCC23CCCN2CC(F)C3)nc2c(F)c(-c3ccc(F)c4sc(N)c(C#N)c34)c(C#N)cc12)C1CC(O)C1. The molecule has 4 aromatic rings. The lowest BCUT2D eigenvalue weighted by atomic mass is 9.88. The number of alkyl halides is 1. The van der Waals surface area contributed by atoms with Gasteiger partial charge in [-0.3, -0.25) is 4.90 Å². The maximum absolute atomic E-state index is 16.8. The van der Waals surface area contributed by atoms with E-state index in [0.29, 0.717) is 31.6 Å². The molecule has 1 saturated carbocycles. The molecule has 13 heteroatoms. The van der Waals surface area contributed by atoms with Crippen molar-refractivity contribution in [2.75, 3.05) is 37.4 Å². The minimum absolute atomic E-state index is 0.00154. The molecular weight excluding hydrogens is 591 g/mol. The number of benzene rings is 2. The highest BCUT2D eigenvalue weighted by atomic mass is 32.1. The van der Waals surface area contributed by atoms with Gasteiger partial charge in [0.2, 0.25) is 0 Å². The number of anilines is 2. The maximum atomic E-state index is 16.8. The number of hydrogen-bond donors (Lipinski definition) is 2. The number of halogens is 3. The smallest absolute Gasteiger partial charge is 0.319 e. The first-order valence-corrected chi connectivity index (χ1v) is 15.2. The summed E-state index contributed by atoms with van der Waals surface area (Å²) in [6.45, 7) is 1.26. The first kappa shape index (κ1) is 28.6. The molecule has 0 radical (unpaired) electrons. The minimum Gasteiger partial charge on any atom is -0.461 e. The summed E-state index contributed by atoms with van der Waals surface area (Å²) in [6, 6.07) is 7.83. The third-order valence-electron chi connectivity index (χ3n) is 9.41. The molecule has 0 bridgehead atoms. The molecule has 4 heterocycles. The lowest BCUT2D eigenvalue weighted by molar-refractivity contribution is 0.0748. The van der Waals surface area contributed by atoms with E-state index in [0.717, 1.165) is 36.8 Å². The van der Waals surface area contributed by atoms with E-state index in [9.17, 15) is 24.4 Å². The molecule has 44 heavy (non-hydrogen) atoms. The van der Waals surface area contributed by atoms with Crippen LogP contribution in [0.15, 0.2) is 18.2 Å². The number of hydrogen-bond acceptors (Lipinski definition) is 10. The van der Waals surface area contributed by atoms with Gasteiger partial charge in [0.05, 0.1) is 33.5 Å². The highest BCUT2D eigenvalue weighted by Gasteiger charge is 2.49. The standard InChI is InChI=1S/C31H28F3N7O2S/c1-40(17-8-18(42)9-17)29-20-7-15(11-35)23(19-3-4-22(33)27-24(19)21(12-36)28(37)44-27)25(34)26(20)38-30(39-29)43-14-31-5-2-6-41(31)13-16(32)10-31/h3-4,7,16-18,42H,2,5-6,8-10,13-14,37H2,1H3. The Balaban J connectivity index is 1.41. The zero-order chi connectivity index (χ0) is 30.9. The van der Waals surface area contributed by atoms with Gasteiger partial charge in [0.15, 0.2) is 5.82 Å². The van der Waals surface area contributed by atoms with Crippen LogP contribution >= 0.6 is 11.3 Å². The van der Waals surface area contributed by atoms with E-state index < -0.39 is 29.4 Å². The number of thiophene rings is 1. The van der Waals surface area contributed by atoms with Crippen LogP contribution in [0.25, 0.3) is 32.1 Å². The fourth-order valence-electron chi connectivity index (χ4n) is 7.08. The van der Waals surface area contributed by atoms with Crippen molar-refractivity contribution in [1.29, 1.82) is 10.5 Å². The van der Waals surface area contributed by atoms with E-state index in [1.807, 2.05) is 11.0 Å². The van der Waals surface area contributed by atoms with Gasteiger partial charge in [-0.1, -0.05) is 6.07 Å². The third kappa shape index (κ3) is 4.33. The Hall–Kier alpha value is -4.17. The number of nitrogens with two attached hydrogens (primary N) is 1. The van der Waals surface area contributed by atoms with Crippen molar-refractivity contribution in [1.82, 2.24) is 14.9 Å². The average Bonchev–Trinajstić information content (AvgIpc) is 3.63. The summed E-state index contributed by atoms with van der Waals surface area (Å²) in [4.78, 5) is 13.0. The van der Waals surface area contributed by atoms with E-state index in [2.05, 4.69) is 20.9 Å². The summed E-state index contributed by atoms with van der Waals surface area (Å²) in [5.41, 5.74) is 5.35. The van der Waals surface area contributed by atoms with E-state index in [1.54, 1.807) is 7.05 Å². The normalized spacial score (nSPS) is 24.7. The number of nitrogen functional groups attached to an aromatic ring is 1. The van der Waals surface area contributed by atoms with Crippen LogP contribution in [-0.4, -0.2) is 70.6 Å². The second-order valence-corrected chi connectivity index (χ2v) is 13.0. The number of nitrogens with zero attached hydrogens (tertiary/aromatic N) is 6. The molecule has 2 saturated heterocycles. The van der Waals surface area contributed by atoms with Crippen LogP contribution in [-0.2, 0) is 0 Å². The average molecular weight is 620 g/mol. The molecule has 0 amide bonds. The zero-order valence-electron chi connectivity index (χ0n) is 23.8. The summed E-state index contributed by atoms with van der Waals surface area (Å²) in [5, 5.41) is 30.4. The monoisotopic (exact) mass is 619 g/mol. The predicted molar refractivity (Wildman–Crippen MR) is 160 cm³/mol. The summed E-state index contributed by atoms with van der Waals surface area (Å²) in [7, 11) is 1.78. The van der Waals surface area contributed by atoms with E-state index in [-0.39, 0.29) is 66.9 Å². The number of rotatable bonds is 6. The molecule has 2 aromatic heterocycles. The number of fused-ring (bicyclic) bond motifs is 3. The number of aliphatic hydroxyl groups excluding tert-OH is 1. The fourth-order valence-corrected chi connectivity index (χ4v) is 8.03. The molecule has 0 spiro atoms. The van der Waals surface area contributed by atoms with Crippen molar-refractivity contribution in [2.24, 2.45) is 0 Å². The lowest BCUT2D eigenvalue weighted by Gasteiger charge is -2.39. The van der Waals surface area contributed by atoms with E-state index in [1.165, 1.54) is 12.1 Å². The zero-order valence-corrected chi connectivity index (χ0v) is 24.6. The quantitative estimate of drug-likeness (QED) is 0.305. The number of ether oxygens (including phenoxy) is 1. The maximum Gasteiger partial charge on any atom is 0.319 e. The first-order chi connectivity index (χ1) is 21.1. The van der Waals surface area contributed by atoms with Crippen molar-refractivity contribution in [3.8, 4) is 29.3 Å². The molecule has 2 unspecified atom stereocenters. The van der Waals surface area contributed by atoms with Gasteiger partial charge in [-0.2, -0.15) is 20.5 Å². The van der Waals surface area contributed by atoms with Gasteiger partial charge >= 0.3 is 6.01 Å². The van der Waals surface area contributed by atoms with Gasteiger partial charge in [-0.05, 0) is 49.9 Å². The van der Waals surface area contributed by atoms with Gasteiger partial charge in [0, 0.05) is 42.4 Å². The predicted octanol–water partition coefficient (Wildman–Crippen LogP) is 5.03. The van der Waals surface area contributed by atoms with Gasteiger partial charge < -0.3 is 20.5 Å². The molecule has 9 nitrogen and oxygen atoms in total. The Kier molecular flexibility index (Phi) is 6.81. The Morgan fingerprint density at radius 3 is 2.77 bits per heavy atom. The van der Waals surface area contributed by atoms with Crippen molar-refractivity contribution in [2.45, 2.75) is 56.0 Å². The van der Waals surface area contributed by atoms with Crippen LogP contribution in [0.1, 0.15) is 43.2 Å². The molecule has 2 aliphatic heterocycles. The summed E-state index contributed by atoms with van der Waals surface area (Å²) >= 11 is 0.880. The molecule has 2 atom stereocenters. The molecule has 1 aliphatic carbocycles. The Labute approximate surface area is 254 Å². The highest BCUT2D eigenvalue weighted by molar-refractivity contribution is 7.23. The first-order valence-electron chi connectivity index (χ1n) is 14.4. The van der Waals surface area contributed by atoms with E-state index in [4.69, 9.17) is 10.5 Å². The fraction of sp³-hybridized carbons (Fsp3) is 0.419. The van der Waals surface area contributed by atoms with Crippen LogP contribution in [0.4, 0.5) is 24.0 Å². The molecule has 3 fully saturated rings. The second kappa shape index (κ2) is 10.5.